The van der Waals surface area contributed by atoms with Gasteiger partial charge in [0, 0.05) is 24.7 Å². The number of aryl methyl sites for hydroxylation is 1. The zero-order valence-electron chi connectivity index (χ0n) is 15.5. The maximum absolute atomic E-state index is 11.9. The second-order valence-corrected chi connectivity index (χ2v) is 7.52. The van der Waals surface area contributed by atoms with Crippen LogP contribution in [-0.4, -0.2) is 27.3 Å². The van der Waals surface area contributed by atoms with Crippen molar-refractivity contribution in [2.75, 3.05) is 6.54 Å². The number of amides is 1. The maximum Gasteiger partial charge on any atom is 0.262 e. The zero-order chi connectivity index (χ0) is 19.0. The molecule has 6 nitrogen and oxygen atoms in total. The van der Waals surface area contributed by atoms with Gasteiger partial charge in [0.05, 0.1) is 5.69 Å². The molecule has 25 heavy (non-hydrogen) atoms. The molecule has 3 N–H and O–H groups in total. The van der Waals surface area contributed by atoms with Crippen LogP contribution in [0.4, 0.5) is 0 Å². The van der Waals surface area contributed by atoms with Crippen molar-refractivity contribution in [1.82, 2.24) is 25.9 Å². The highest BCUT2D eigenvalue weighted by Gasteiger charge is 2.12. The van der Waals surface area contributed by atoms with E-state index in [2.05, 4.69) is 49.0 Å². The zero-order valence-corrected chi connectivity index (χ0v) is 17.1. The predicted octanol–water partition coefficient (Wildman–Crippen LogP) is 3.06. The van der Waals surface area contributed by atoms with Crippen LogP contribution in [0.25, 0.3) is 6.08 Å². The Bertz CT molecular complexity index is 625. The summed E-state index contributed by atoms with van der Waals surface area (Å²) in [7, 11) is 0. The lowest BCUT2D eigenvalue weighted by molar-refractivity contribution is -0.116. The van der Waals surface area contributed by atoms with E-state index in [0.717, 1.165) is 30.8 Å². The normalized spacial score (nSPS) is 11.4. The first-order valence-electron chi connectivity index (χ1n) is 8.45. The molecule has 1 rings (SSSR count). The summed E-state index contributed by atoms with van der Waals surface area (Å²) in [5, 5.41) is 8.36. The molecule has 0 aromatic carbocycles. The predicted molar refractivity (Wildman–Crippen MR) is 107 cm³/mol. The lowest BCUT2D eigenvalue weighted by atomic mass is 10.1. The van der Waals surface area contributed by atoms with E-state index in [1.54, 1.807) is 10.8 Å². The number of hydrogen-bond donors (Lipinski definition) is 3. The van der Waals surface area contributed by atoms with Gasteiger partial charge >= 0.3 is 0 Å². The number of hydrogen-bond acceptors (Lipinski definition) is 3. The van der Waals surface area contributed by atoms with Crippen molar-refractivity contribution in [2.45, 2.75) is 47.6 Å². The van der Waals surface area contributed by atoms with Gasteiger partial charge in [0.1, 0.15) is 5.15 Å². The molecule has 0 fully saturated rings. The molecule has 8 heteroatoms. The number of nitrogens with zero attached hydrogens (tertiary/aromatic N) is 2. The first-order valence-corrected chi connectivity index (χ1v) is 9.24. The van der Waals surface area contributed by atoms with Crippen molar-refractivity contribution in [1.29, 1.82) is 0 Å². The summed E-state index contributed by atoms with van der Waals surface area (Å²) in [5.41, 5.74) is 6.72. The molecule has 0 spiro atoms. The van der Waals surface area contributed by atoms with Gasteiger partial charge in [-0.25, -0.2) is 0 Å². The number of nitrogens with one attached hydrogen (secondary N) is 3. The minimum Gasteiger partial charge on any atom is -0.361 e. The van der Waals surface area contributed by atoms with Crippen molar-refractivity contribution in [2.24, 2.45) is 11.8 Å². The minimum atomic E-state index is -0.319. The Morgan fingerprint density at radius 1 is 1.28 bits per heavy atom. The summed E-state index contributed by atoms with van der Waals surface area (Å²) in [5.74, 6) is 0.711. The average Bonchev–Trinajstić information content (AvgIpc) is 2.76. The van der Waals surface area contributed by atoms with Crippen molar-refractivity contribution in [3.05, 3.63) is 22.5 Å². The van der Waals surface area contributed by atoms with E-state index >= 15 is 0 Å². The maximum atomic E-state index is 11.9. The number of halogens is 1. The van der Waals surface area contributed by atoms with Crippen molar-refractivity contribution >= 4 is 40.9 Å². The summed E-state index contributed by atoms with van der Waals surface area (Å²) in [6, 6.07) is 0. The Hall–Kier alpha value is -1.60. The third-order valence-corrected chi connectivity index (χ3v) is 4.00. The van der Waals surface area contributed by atoms with Crippen molar-refractivity contribution in [3.8, 4) is 0 Å². The molecular formula is C17H28ClN5OS. The molecule has 1 aromatic heterocycles. The molecule has 0 saturated heterocycles. The molecule has 0 aliphatic carbocycles. The molecule has 1 amide bonds. The Balaban J connectivity index is 2.52. The van der Waals surface area contributed by atoms with E-state index in [-0.39, 0.29) is 5.91 Å². The van der Waals surface area contributed by atoms with E-state index in [0.29, 0.717) is 22.1 Å². The van der Waals surface area contributed by atoms with Gasteiger partial charge in [-0.15, -0.1) is 0 Å². The topological polar surface area (TPSA) is 71.0 Å². The van der Waals surface area contributed by atoms with E-state index in [4.69, 9.17) is 23.8 Å². The number of thiocarbonyl (C=S) groups is 1. The third-order valence-electron chi connectivity index (χ3n) is 3.36. The molecule has 0 aliphatic heterocycles. The monoisotopic (exact) mass is 385 g/mol. The van der Waals surface area contributed by atoms with Crippen LogP contribution in [0.5, 0.6) is 0 Å². The van der Waals surface area contributed by atoms with Crippen LogP contribution in [-0.2, 0) is 11.3 Å². The molecule has 1 heterocycles. The lowest BCUT2D eigenvalue weighted by Crippen LogP contribution is -2.46. The van der Waals surface area contributed by atoms with Gasteiger partial charge in [0.15, 0.2) is 5.11 Å². The average molecular weight is 386 g/mol. The number of carbonyl (C=O) groups excluding carboxylic acids is 1. The highest BCUT2D eigenvalue weighted by atomic mass is 35.5. The van der Waals surface area contributed by atoms with E-state index in [1.807, 2.05) is 6.92 Å². The van der Waals surface area contributed by atoms with Crippen LogP contribution in [0.15, 0.2) is 6.08 Å². The fourth-order valence-electron chi connectivity index (χ4n) is 2.06. The molecule has 0 atom stereocenters. The number of carbonyl (C=O) groups is 1. The largest absolute Gasteiger partial charge is 0.361 e. The van der Waals surface area contributed by atoms with Crippen LogP contribution in [0, 0.1) is 18.8 Å². The summed E-state index contributed by atoms with van der Waals surface area (Å²) in [6.07, 6.45) is 4.07. The number of hydrazine groups is 1. The van der Waals surface area contributed by atoms with Crippen LogP contribution >= 0.6 is 23.8 Å². The highest BCUT2D eigenvalue weighted by molar-refractivity contribution is 7.80. The fraction of sp³-hybridized carbons (Fsp3) is 0.588. The molecule has 140 valence electrons. The Morgan fingerprint density at radius 2 is 1.96 bits per heavy atom. The summed E-state index contributed by atoms with van der Waals surface area (Å²) >= 11 is 11.4. The van der Waals surface area contributed by atoms with Crippen molar-refractivity contribution < 1.29 is 4.79 Å². The second-order valence-electron chi connectivity index (χ2n) is 6.75. The lowest BCUT2D eigenvalue weighted by Gasteiger charge is -2.11. The van der Waals surface area contributed by atoms with Crippen LogP contribution < -0.4 is 16.2 Å². The minimum absolute atomic E-state index is 0.319. The van der Waals surface area contributed by atoms with Crippen LogP contribution in [0.3, 0.4) is 0 Å². The SMILES string of the molecule is Cc1nn(CC(C)C)c(Cl)c1/C=C/C(=O)NNC(=S)NCCC(C)C. The smallest absolute Gasteiger partial charge is 0.262 e. The molecule has 0 aliphatic rings. The van der Waals surface area contributed by atoms with E-state index in [1.165, 1.54) is 6.08 Å². The Labute approximate surface area is 160 Å². The Morgan fingerprint density at radius 3 is 2.56 bits per heavy atom. The van der Waals surface area contributed by atoms with Gasteiger partial charge in [-0.3, -0.25) is 20.3 Å². The number of rotatable bonds is 7. The van der Waals surface area contributed by atoms with Crippen LogP contribution in [0.2, 0.25) is 5.15 Å². The molecule has 0 saturated carbocycles. The summed E-state index contributed by atoms with van der Waals surface area (Å²) < 4.78 is 1.76. The van der Waals surface area contributed by atoms with Gasteiger partial charge in [0.2, 0.25) is 0 Å². The van der Waals surface area contributed by atoms with E-state index in [9.17, 15) is 4.79 Å². The molecule has 0 unspecified atom stereocenters. The molecular weight excluding hydrogens is 358 g/mol. The fourth-order valence-corrected chi connectivity index (χ4v) is 2.52. The Kier molecular flexibility index (Phi) is 8.92. The molecule has 0 bridgehead atoms. The summed E-state index contributed by atoms with van der Waals surface area (Å²) in [4.78, 5) is 11.9. The highest BCUT2D eigenvalue weighted by Crippen LogP contribution is 2.22. The van der Waals surface area contributed by atoms with E-state index < -0.39 is 0 Å². The second kappa shape index (κ2) is 10.4. The standard InChI is InChI=1S/C17H28ClN5OS/c1-11(2)8-9-19-17(25)21-20-15(24)7-6-14-13(5)22-23(16(14)18)10-12(3)4/h6-7,11-12H,8-10H2,1-5H3,(H,20,24)(H2,19,21,25)/b7-6+. The van der Waals surface area contributed by atoms with Crippen molar-refractivity contribution in [3.63, 3.8) is 0 Å². The quantitative estimate of drug-likeness (QED) is 0.382. The molecule has 0 radical (unpaired) electrons. The van der Waals surface area contributed by atoms with Gasteiger partial charge in [0.25, 0.3) is 5.91 Å². The van der Waals surface area contributed by atoms with Gasteiger partial charge in [-0.2, -0.15) is 5.10 Å². The van der Waals surface area contributed by atoms with Gasteiger partial charge < -0.3 is 5.32 Å². The third kappa shape index (κ3) is 7.88. The summed E-state index contributed by atoms with van der Waals surface area (Å²) in [6.45, 7) is 11.8. The first-order chi connectivity index (χ1) is 11.7. The van der Waals surface area contributed by atoms with Gasteiger partial charge in [-0.05, 0) is 43.5 Å². The van der Waals surface area contributed by atoms with Gasteiger partial charge in [-0.1, -0.05) is 39.3 Å². The number of aromatic nitrogens is 2. The first kappa shape index (κ1) is 21.4. The molecule has 1 aromatic rings. The van der Waals surface area contributed by atoms with Crippen LogP contribution in [0.1, 0.15) is 45.4 Å².